The zero-order valence-corrected chi connectivity index (χ0v) is 12.2. The van der Waals surface area contributed by atoms with Gasteiger partial charge in [-0.1, -0.05) is 24.8 Å². The number of para-hydroxylation sites is 2. The van der Waals surface area contributed by atoms with Crippen LogP contribution < -0.4 is 4.74 Å². The van der Waals surface area contributed by atoms with Crippen LogP contribution in [-0.2, 0) is 0 Å². The van der Waals surface area contributed by atoms with E-state index >= 15 is 0 Å². The van der Waals surface area contributed by atoms with Crippen LogP contribution in [-0.4, -0.2) is 21.6 Å². The van der Waals surface area contributed by atoms with Crippen LogP contribution in [0.4, 0.5) is 0 Å². The Morgan fingerprint density at radius 1 is 1.14 bits per heavy atom. The van der Waals surface area contributed by atoms with Gasteiger partial charge in [-0.3, -0.25) is 0 Å². The van der Waals surface area contributed by atoms with Crippen molar-refractivity contribution in [1.82, 2.24) is 15.0 Å². The predicted octanol–water partition coefficient (Wildman–Crippen LogP) is 3.68. The van der Waals surface area contributed by atoms with E-state index in [1.165, 1.54) is 5.56 Å². The lowest BCUT2D eigenvalue weighted by molar-refractivity contribution is 0.349. The van der Waals surface area contributed by atoms with E-state index < -0.39 is 0 Å². The molecule has 0 amide bonds. The number of hydrogen-bond acceptors (Lipinski definition) is 3. The fourth-order valence-corrected chi connectivity index (χ4v) is 2.08. The van der Waals surface area contributed by atoms with Gasteiger partial charge in [0.2, 0.25) is 0 Å². The summed E-state index contributed by atoms with van der Waals surface area (Å²) in [5, 5.41) is 9.05. The standard InChI is InChI=1S/C17H17N3O/c1-12(2)11-21-17-7-5-4-6-16(17)20-18-14-9-8-13(3)10-15(14)19-20/h4-10H,1,11H2,2-3H3. The van der Waals surface area contributed by atoms with Gasteiger partial charge in [0.1, 0.15) is 29.1 Å². The number of aromatic nitrogens is 3. The Kier molecular flexibility index (Phi) is 3.44. The molecule has 0 bridgehead atoms. The van der Waals surface area contributed by atoms with Crippen molar-refractivity contribution in [3.05, 3.63) is 60.2 Å². The van der Waals surface area contributed by atoms with E-state index in [1.807, 2.05) is 56.3 Å². The highest BCUT2D eigenvalue weighted by Gasteiger charge is 2.09. The Hall–Kier alpha value is -2.62. The average Bonchev–Trinajstić information content (AvgIpc) is 2.88. The average molecular weight is 279 g/mol. The molecule has 0 radical (unpaired) electrons. The summed E-state index contributed by atoms with van der Waals surface area (Å²) in [6.07, 6.45) is 0. The topological polar surface area (TPSA) is 39.9 Å². The Morgan fingerprint density at radius 3 is 2.71 bits per heavy atom. The Bertz CT molecular complexity index is 805. The first-order chi connectivity index (χ1) is 10.1. The maximum Gasteiger partial charge on any atom is 0.147 e. The largest absolute Gasteiger partial charge is 0.487 e. The molecular weight excluding hydrogens is 262 g/mol. The minimum absolute atomic E-state index is 0.483. The van der Waals surface area contributed by atoms with Crippen LogP contribution in [0.15, 0.2) is 54.6 Å². The van der Waals surface area contributed by atoms with Gasteiger partial charge in [0.05, 0.1) is 0 Å². The summed E-state index contributed by atoms with van der Waals surface area (Å²) in [7, 11) is 0. The predicted molar refractivity (Wildman–Crippen MR) is 83.9 cm³/mol. The molecule has 106 valence electrons. The second-order valence-corrected chi connectivity index (χ2v) is 5.20. The quantitative estimate of drug-likeness (QED) is 0.684. The van der Waals surface area contributed by atoms with Crippen LogP contribution in [0.3, 0.4) is 0 Å². The Labute approximate surface area is 123 Å². The third kappa shape index (κ3) is 2.79. The van der Waals surface area contributed by atoms with Crippen LogP contribution in [0, 0.1) is 6.92 Å². The molecule has 1 aromatic heterocycles. The Balaban J connectivity index is 2.03. The van der Waals surface area contributed by atoms with Crippen molar-refractivity contribution in [1.29, 1.82) is 0 Å². The van der Waals surface area contributed by atoms with Crippen LogP contribution in [0.5, 0.6) is 5.75 Å². The molecule has 0 saturated carbocycles. The maximum atomic E-state index is 5.77. The summed E-state index contributed by atoms with van der Waals surface area (Å²) in [5.74, 6) is 0.748. The molecule has 21 heavy (non-hydrogen) atoms. The van der Waals surface area contributed by atoms with E-state index in [1.54, 1.807) is 4.80 Å². The second-order valence-electron chi connectivity index (χ2n) is 5.20. The van der Waals surface area contributed by atoms with Crippen molar-refractivity contribution in [2.45, 2.75) is 13.8 Å². The van der Waals surface area contributed by atoms with Crippen molar-refractivity contribution < 1.29 is 4.74 Å². The molecule has 0 spiro atoms. The SMILES string of the molecule is C=C(C)COc1ccccc1-n1nc2ccc(C)cc2n1. The summed E-state index contributed by atoms with van der Waals surface area (Å²) in [6, 6.07) is 13.8. The van der Waals surface area contributed by atoms with E-state index in [-0.39, 0.29) is 0 Å². The first-order valence-electron chi connectivity index (χ1n) is 6.84. The van der Waals surface area contributed by atoms with E-state index in [0.29, 0.717) is 6.61 Å². The minimum Gasteiger partial charge on any atom is -0.487 e. The monoisotopic (exact) mass is 279 g/mol. The molecule has 3 aromatic rings. The summed E-state index contributed by atoms with van der Waals surface area (Å²) < 4.78 is 5.77. The normalized spacial score (nSPS) is 10.8. The molecule has 2 aromatic carbocycles. The summed E-state index contributed by atoms with van der Waals surface area (Å²) in [4.78, 5) is 1.62. The van der Waals surface area contributed by atoms with E-state index in [4.69, 9.17) is 4.74 Å². The van der Waals surface area contributed by atoms with Gasteiger partial charge in [0, 0.05) is 0 Å². The van der Waals surface area contributed by atoms with Gasteiger partial charge < -0.3 is 4.74 Å². The van der Waals surface area contributed by atoms with Gasteiger partial charge in [-0.05, 0) is 49.2 Å². The fourth-order valence-electron chi connectivity index (χ4n) is 2.08. The first-order valence-corrected chi connectivity index (χ1v) is 6.84. The number of nitrogens with zero attached hydrogens (tertiary/aromatic N) is 3. The van der Waals surface area contributed by atoms with Crippen molar-refractivity contribution in [2.24, 2.45) is 0 Å². The minimum atomic E-state index is 0.483. The van der Waals surface area contributed by atoms with Gasteiger partial charge in [-0.2, -0.15) is 0 Å². The lowest BCUT2D eigenvalue weighted by Crippen LogP contribution is -2.05. The van der Waals surface area contributed by atoms with Crippen molar-refractivity contribution in [3.8, 4) is 11.4 Å². The number of hydrogen-bond donors (Lipinski definition) is 0. The molecule has 1 heterocycles. The van der Waals surface area contributed by atoms with E-state index in [2.05, 4.69) is 16.8 Å². The van der Waals surface area contributed by atoms with Crippen molar-refractivity contribution in [3.63, 3.8) is 0 Å². The zero-order valence-electron chi connectivity index (χ0n) is 12.2. The third-order valence-corrected chi connectivity index (χ3v) is 3.09. The molecule has 0 aliphatic heterocycles. The number of fused-ring (bicyclic) bond motifs is 1. The van der Waals surface area contributed by atoms with Crippen LogP contribution in [0.25, 0.3) is 16.7 Å². The van der Waals surface area contributed by atoms with Crippen molar-refractivity contribution >= 4 is 11.0 Å². The molecule has 4 nitrogen and oxygen atoms in total. The molecule has 0 aliphatic carbocycles. The molecule has 0 aliphatic rings. The first kappa shape index (κ1) is 13.4. The van der Waals surface area contributed by atoms with Crippen LogP contribution >= 0.6 is 0 Å². The maximum absolute atomic E-state index is 5.77. The molecule has 4 heteroatoms. The molecular formula is C17H17N3O. The molecule has 0 unspecified atom stereocenters. The molecule has 0 saturated heterocycles. The number of aryl methyl sites for hydroxylation is 1. The summed E-state index contributed by atoms with van der Waals surface area (Å²) in [5.41, 5.74) is 4.72. The summed E-state index contributed by atoms with van der Waals surface area (Å²) >= 11 is 0. The smallest absolute Gasteiger partial charge is 0.147 e. The van der Waals surface area contributed by atoms with Gasteiger partial charge >= 0.3 is 0 Å². The second kappa shape index (κ2) is 5.40. The molecule has 3 rings (SSSR count). The van der Waals surface area contributed by atoms with Gasteiger partial charge in [0.15, 0.2) is 0 Å². The third-order valence-electron chi connectivity index (χ3n) is 3.09. The van der Waals surface area contributed by atoms with Crippen molar-refractivity contribution in [2.75, 3.05) is 6.61 Å². The summed E-state index contributed by atoms with van der Waals surface area (Å²) in [6.45, 7) is 8.32. The van der Waals surface area contributed by atoms with Gasteiger partial charge in [-0.15, -0.1) is 15.0 Å². The fraction of sp³-hybridized carbons (Fsp3) is 0.176. The lowest BCUT2D eigenvalue weighted by Gasteiger charge is -2.10. The van der Waals surface area contributed by atoms with E-state index in [0.717, 1.165) is 28.0 Å². The van der Waals surface area contributed by atoms with E-state index in [9.17, 15) is 0 Å². The highest BCUT2D eigenvalue weighted by atomic mass is 16.5. The zero-order chi connectivity index (χ0) is 14.8. The van der Waals surface area contributed by atoms with Gasteiger partial charge in [0.25, 0.3) is 0 Å². The molecule has 0 atom stereocenters. The Morgan fingerprint density at radius 2 is 1.90 bits per heavy atom. The van der Waals surface area contributed by atoms with Crippen LogP contribution in [0.1, 0.15) is 12.5 Å². The number of rotatable bonds is 4. The highest BCUT2D eigenvalue weighted by Crippen LogP contribution is 2.23. The number of benzene rings is 2. The number of ether oxygens (including phenoxy) is 1. The molecule has 0 fully saturated rings. The molecule has 0 N–H and O–H groups in total. The highest BCUT2D eigenvalue weighted by molar-refractivity contribution is 5.74. The van der Waals surface area contributed by atoms with Crippen LogP contribution in [0.2, 0.25) is 0 Å². The van der Waals surface area contributed by atoms with Gasteiger partial charge in [-0.25, -0.2) is 0 Å². The lowest BCUT2D eigenvalue weighted by atomic mass is 10.2.